The summed E-state index contributed by atoms with van der Waals surface area (Å²) in [5.74, 6) is 0.482. The summed E-state index contributed by atoms with van der Waals surface area (Å²) in [5.41, 5.74) is 0.596. The summed E-state index contributed by atoms with van der Waals surface area (Å²) < 4.78 is 7.02. The molecule has 2 atom stereocenters. The SMILES string of the molecule is CC(C)c1nn(C)c(NC2CCOC2C)c1[N+](=O)[O-]. The Hall–Kier alpha value is -1.63. The van der Waals surface area contributed by atoms with E-state index in [1.54, 1.807) is 11.7 Å². The van der Waals surface area contributed by atoms with Gasteiger partial charge >= 0.3 is 5.69 Å². The van der Waals surface area contributed by atoms with Gasteiger partial charge in [-0.1, -0.05) is 13.8 Å². The fourth-order valence-corrected chi connectivity index (χ4v) is 2.36. The van der Waals surface area contributed by atoms with Gasteiger partial charge in [0, 0.05) is 19.6 Å². The topological polar surface area (TPSA) is 82.2 Å². The number of ether oxygens (including phenoxy) is 1. The number of aryl methyl sites for hydroxylation is 1. The molecule has 7 nitrogen and oxygen atoms in total. The molecule has 1 aromatic heterocycles. The lowest BCUT2D eigenvalue weighted by Crippen LogP contribution is -2.28. The number of anilines is 1. The lowest BCUT2D eigenvalue weighted by atomic mass is 10.1. The summed E-state index contributed by atoms with van der Waals surface area (Å²) >= 11 is 0. The van der Waals surface area contributed by atoms with Crippen molar-refractivity contribution in [3.8, 4) is 0 Å². The van der Waals surface area contributed by atoms with Gasteiger partial charge in [-0.05, 0) is 13.3 Å². The van der Waals surface area contributed by atoms with E-state index in [9.17, 15) is 10.1 Å². The van der Waals surface area contributed by atoms with Crippen molar-refractivity contribution < 1.29 is 9.66 Å². The molecule has 1 aromatic rings. The molecular formula is C12H20N4O3. The van der Waals surface area contributed by atoms with Crippen LogP contribution >= 0.6 is 0 Å². The van der Waals surface area contributed by atoms with Gasteiger partial charge in [0.25, 0.3) is 0 Å². The third kappa shape index (κ3) is 2.56. The molecule has 1 aliphatic heterocycles. The first-order chi connectivity index (χ1) is 8.91. The molecule has 1 aliphatic rings. The zero-order valence-corrected chi connectivity index (χ0v) is 11.7. The van der Waals surface area contributed by atoms with Crippen LogP contribution in [0.1, 0.15) is 38.8 Å². The Balaban J connectivity index is 2.36. The Morgan fingerprint density at radius 3 is 2.74 bits per heavy atom. The Kier molecular flexibility index (Phi) is 3.75. The normalized spacial score (nSPS) is 23.0. The van der Waals surface area contributed by atoms with Crippen LogP contribution < -0.4 is 5.32 Å². The number of nitro groups is 1. The van der Waals surface area contributed by atoms with Gasteiger partial charge in [0.15, 0.2) is 0 Å². The second-order valence-electron chi connectivity index (χ2n) is 5.23. The highest BCUT2D eigenvalue weighted by molar-refractivity contribution is 5.61. The summed E-state index contributed by atoms with van der Waals surface area (Å²) in [4.78, 5) is 10.9. The number of hydrogen-bond donors (Lipinski definition) is 1. The molecule has 2 rings (SSSR count). The number of nitrogens with one attached hydrogen (secondary N) is 1. The molecule has 0 aromatic carbocycles. The first-order valence-corrected chi connectivity index (χ1v) is 6.51. The summed E-state index contributed by atoms with van der Waals surface area (Å²) in [5, 5.41) is 18.8. The quantitative estimate of drug-likeness (QED) is 0.667. The fraction of sp³-hybridized carbons (Fsp3) is 0.750. The van der Waals surface area contributed by atoms with E-state index in [1.807, 2.05) is 20.8 Å². The van der Waals surface area contributed by atoms with Gasteiger partial charge in [0.05, 0.1) is 17.1 Å². The molecule has 0 bridgehead atoms. The second kappa shape index (κ2) is 5.16. The minimum absolute atomic E-state index is 0.0133. The predicted molar refractivity (Wildman–Crippen MR) is 71.4 cm³/mol. The lowest BCUT2D eigenvalue weighted by molar-refractivity contribution is -0.384. The summed E-state index contributed by atoms with van der Waals surface area (Å²) in [6.07, 6.45) is 0.901. The van der Waals surface area contributed by atoms with E-state index >= 15 is 0 Å². The van der Waals surface area contributed by atoms with Gasteiger partial charge in [-0.2, -0.15) is 5.10 Å². The lowest BCUT2D eigenvalue weighted by Gasteiger charge is -2.16. The molecule has 1 N–H and O–H groups in total. The first-order valence-electron chi connectivity index (χ1n) is 6.51. The molecule has 0 saturated carbocycles. The average Bonchev–Trinajstić information content (AvgIpc) is 2.85. The van der Waals surface area contributed by atoms with E-state index in [0.717, 1.165) is 6.42 Å². The predicted octanol–water partition coefficient (Wildman–Crippen LogP) is 2.04. The Labute approximate surface area is 112 Å². The maximum atomic E-state index is 11.3. The van der Waals surface area contributed by atoms with Crippen molar-refractivity contribution in [1.29, 1.82) is 0 Å². The van der Waals surface area contributed by atoms with Gasteiger partial charge in [-0.25, -0.2) is 4.68 Å². The second-order valence-corrected chi connectivity index (χ2v) is 5.23. The highest BCUT2D eigenvalue weighted by atomic mass is 16.6. The standard InChI is InChI=1S/C12H20N4O3/c1-7(2)10-11(16(17)18)12(15(4)14-10)13-9-5-6-19-8(9)3/h7-9,13H,5-6H2,1-4H3. The maximum Gasteiger partial charge on any atom is 0.334 e. The smallest absolute Gasteiger partial charge is 0.334 e. The van der Waals surface area contributed by atoms with Crippen LogP contribution in [0.5, 0.6) is 0 Å². The third-order valence-electron chi connectivity index (χ3n) is 3.48. The van der Waals surface area contributed by atoms with Crippen LogP contribution in [0.15, 0.2) is 0 Å². The molecule has 106 valence electrons. The number of nitrogens with zero attached hydrogens (tertiary/aromatic N) is 3. The molecule has 1 saturated heterocycles. The van der Waals surface area contributed by atoms with Gasteiger partial charge in [-0.15, -0.1) is 0 Å². The molecule has 19 heavy (non-hydrogen) atoms. The first kappa shape index (κ1) is 13.8. The van der Waals surface area contributed by atoms with Gasteiger partial charge in [0.1, 0.15) is 5.69 Å². The van der Waals surface area contributed by atoms with Crippen LogP contribution in [0.3, 0.4) is 0 Å². The fourth-order valence-electron chi connectivity index (χ4n) is 2.36. The maximum absolute atomic E-state index is 11.3. The molecule has 2 heterocycles. The van der Waals surface area contributed by atoms with Gasteiger partial charge < -0.3 is 10.1 Å². The van der Waals surface area contributed by atoms with Crippen LogP contribution in [0.25, 0.3) is 0 Å². The van der Waals surface area contributed by atoms with Crippen molar-refractivity contribution in [2.75, 3.05) is 11.9 Å². The van der Waals surface area contributed by atoms with Crippen molar-refractivity contribution in [1.82, 2.24) is 9.78 Å². The van der Waals surface area contributed by atoms with Crippen LogP contribution in [0.2, 0.25) is 0 Å². The molecule has 7 heteroatoms. The average molecular weight is 268 g/mol. The molecule has 1 fully saturated rings. The summed E-state index contributed by atoms with van der Waals surface area (Å²) in [6, 6.07) is 0.0918. The summed E-state index contributed by atoms with van der Waals surface area (Å²) in [7, 11) is 1.72. The van der Waals surface area contributed by atoms with Crippen molar-refractivity contribution >= 4 is 11.5 Å². The third-order valence-corrected chi connectivity index (χ3v) is 3.48. The van der Waals surface area contributed by atoms with Crippen LogP contribution in [-0.2, 0) is 11.8 Å². The van der Waals surface area contributed by atoms with E-state index in [0.29, 0.717) is 18.1 Å². The van der Waals surface area contributed by atoms with Crippen molar-refractivity contribution in [2.24, 2.45) is 7.05 Å². The van der Waals surface area contributed by atoms with Crippen molar-refractivity contribution in [3.05, 3.63) is 15.8 Å². The monoisotopic (exact) mass is 268 g/mol. The molecule has 0 spiro atoms. The Morgan fingerprint density at radius 2 is 2.26 bits per heavy atom. The van der Waals surface area contributed by atoms with Crippen molar-refractivity contribution in [2.45, 2.75) is 45.3 Å². The van der Waals surface area contributed by atoms with E-state index in [2.05, 4.69) is 10.4 Å². The van der Waals surface area contributed by atoms with E-state index < -0.39 is 0 Å². The number of aromatic nitrogens is 2. The van der Waals surface area contributed by atoms with E-state index in [1.165, 1.54) is 0 Å². The van der Waals surface area contributed by atoms with Crippen molar-refractivity contribution in [3.63, 3.8) is 0 Å². The molecule has 0 aliphatic carbocycles. The van der Waals surface area contributed by atoms with Gasteiger partial charge in [-0.3, -0.25) is 10.1 Å². The Morgan fingerprint density at radius 1 is 1.58 bits per heavy atom. The van der Waals surface area contributed by atoms with Crippen LogP contribution in [-0.4, -0.2) is 33.5 Å². The largest absolute Gasteiger partial charge is 0.376 e. The zero-order valence-electron chi connectivity index (χ0n) is 11.7. The molecule has 0 radical (unpaired) electrons. The summed E-state index contributed by atoms with van der Waals surface area (Å²) in [6.45, 7) is 6.46. The zero-order chi connectivity index (χ0) is 14.2. The molecule has 0 amide bonds. The number of hydrogen-bond acceptors (Lipinski definition) is 5. The highest BCUT2D eigenvalue weighted by Crippen LogP contribution is 2.34. The minimum atomic E-state index is -0.356. The molecule has 2 unspecified atom stereocenters. The van der Waals surface area contributed by atoms with Gasteiger partial charge in [0.2, 0.25) is 5.82 Å². The number of rotatable bonds is 4. The molecular weight excluding hydrogens is 248 g/mol. The van der Waals surface area contributed by atoms with E-state index in [4.69, 9.17) is 4.74 Å². The Bertz CT molecular complexity index is 484. The highest BCUT2D eigenvalue weighted by Gasteiger charge is 2.32. The minimum Gasteiger partial charge on any atom is -0.376 e. The van der Waals surface area contributed by atoms with Crippen LogP contribution in [0, 0.1) is 10.1 Å². The van der Waals surface area contributed by atoms with E-state index in [-0.39, 0.29) is 28.7 Å². The van der Waals surface area contributed by atoms with Crippen LogP contribution in [0.4, 0.5) is 11.5 Å².